The first-order chi connectivity index (χ1) is 8.83. The van der Waals surface area contributed by atoms with E-state index >= 15 is 0 Å². The van der Waals surface area contributed by atoms with E-state index in [0.717, 1.165) is 6.26 Å². The summed E-state index contributed by atoms with van der Waals surface area (Å²) in [6, 6.07) is 3.76. The van der Waals surface area contributed by atoms with E-state index < -0.39 is 25.4 Å². The number of sulfone groups is 1. The molecule has 1 rings (SSSR count). The first-order valence-electron chi connectivity index (χ1n) is 5.61. The van der Waals surface area contributed by atoms with Gasteiger partial charge in [-0.25, -0.2) is 21.6 Å². The fourth-order valence-corrected chi connectivity index (χ4v) is 4.39. The van der Waals surface area contributed by atoms with Crippen molar-refractivity contribution >= 4 is 35.8 Å². The Morgan fingerprint density at radius 1 is 1.25 bits per heavy atom. The van der Waals surface area contributed by atoms with Crippen LogP contribution in [0.5, 0.6) is 0 Å². The maximum Gasteiger partial charge on any atom is 0.241 e. The largest absolute Gasteiger partial charge is 0.324 e. The van der Waals surface area contributed by atoms with Gasteiger partial charge in [-0.05, 0) is 48.0 Å². The summed E-state index contributed by atoms with van der Waals surface area (Å²) >= 11 is 3.08. The molecular weight excluding hydrogens is 368 g/mol. The number of hydrogen-bond acceptors (Lipinski definition) is 5. The molecule has 0 saturated carbocycles. The molecule has 0 heterocycles. The van der Waals surface area contributed by atoms with Gasteiger partial charge >= 0.3 is 0 Å². The monoisotopic (exact) mass is 384 g/mol. The molecule has 20 heavy (non-hydrogen) atoms. The Morgan fingerprint density at radius 2 is 1.80 bits per heavy atom. The maximum atomic E-state index is 12.1. The Bertz CT molecular complexity index is 706. The highest BCUT2D eigenvalue weighted by Crippen LogP contribution is 2.25. The number of rotatable bonds is 5. The molecule has 1 aromatic carbocycles. The van der Waals surface area contributed by atoms with E-state index in [4.69, 9.17) is 5.73 Å². The van der Waals surface area contributed by atoms with Crippen LogP contribution in [0.2, 0.25) is 0 Å². The molecule has 0 aliphatic rings. The zero-order chi connectivity index (χ0) is 15.8. The van der Waals surface area contributed by atoms with Crippen molar-refractivity contribution in [1.82, 2.24) is 4.72 Å². The summed E-state index contributed by atoms with van der Waals surface area (Å²) in [5.74, 6) is 0. The van der Waals surface area contributed by atoms with Gasteiger partial charge in [-0.2, -0.15) is 0 Å². The SMILES string of the molecule is CC(C)(N)CNS(=O)(=O)c1ccc(S(C)(=O)=O)cc1Br. The van der Waals surface area contributed by atoms with Gasteiger partial charge in [-0.3, -0.25) is 0 Å². The molecule has 0 aliphatic carbocycles. The highest BCUT2D eigenvalue weighted by Gasteiger charge is 2.22. The third kappa shape index (κ3) is 4.81. The molecule has 0 spiro atoms. The smallest absolute Gasteiger partial charge is 0.241 e. The molecule has 114 valence electrons. The van der Waals surface area contributed by atoms with Crippen molar-refractivity contribution in [3.8, 4) is 0 Å². The van der Waals surface area contributed by atoms with Gasteiger partial charge in [0, 0.05) is 22.8 Å². The lowest BCUT2D eigenvalue weighted by atomic mass is 10.1. The van der Waals surface area contributed by atoms with Crippen LogP contribution >= 0.6 is 15.9 Å². The number of sulfonamides is 1. The number of hydrogen-bond donors (Lipinski definition) is 2. The molecule has 3 N–H and O–H groups in total. The first kappa shape index (κ1) is 17.6. The summed E-state index contributed by atoms with van der Waals surface area (Å²) in [7, 11) is -7.15. The average Bonchev–Trinajstić information content (AvgIpc) is 2.24. The van der Waals surface area contributed by atoms with Crippen molar-refractivity contribution in [1.29, 1.82) is 0 Å². The van der Waals surface area contributed by atoms with Crippen molar-refractivity contribution in [2.75, 3.05) is 12.8 Å². The Labute approximate surface area is 127 Å². The molecule has 6 nitrogen and oxygen atoms in total. The quantitative estimate of drug-likeness (QED) is 0.782. The summed E-state index contributed by atoms with van der Waals surface area (Å²) in [5, 5.41) is 0. The summed E-state index contributed by atoms with van der Waals surface area (Å²) < 4.78 is 49.6. The lowest BCUT2D eigenvalue weighted by Crippen LogP contribution is -2.45. The van der Waals surface area contributed by atoms with E-state index in [2.05, 4.69) is 20.7 Å². The van der Waals surface area contributed by atoms with Crippen LogP contribution in [0.25, 0.3) is 0 Å². The van der Waals surface area contributed by atoms with Crippen molar-refractivity contribution in [3.05, 3.63) is 22.7 Å². The minimum atomic E-state index is -3.76. The molecule has 0 radical (unpaired) electrons. The van der Waals surface area contributed by atoms with Gasteiger partial charge in [-0.1, -0.05) is 0 Å². The second-order valence-corrected chi connectivity index (χ2v) is 9.78. The fourth-order valence-electron chi connectivity index (χ4n) is 1.29. The van der Waals surface area contributed by atoms with Crippen LogP contribution in [0.4, 0.5) is 0 Å². The molecule has 0 unspecified atom stereocenters. The molecule has 0 amide bonds. The molecule has 1 aromatic rings. The number of halogens is 1. The number of benzene rings is 1. The molecule has 0 atom stereocenters. The van der Waals surface area contributed by atoms with Crippen LogP contribution in [-0.4, -0.2) is 35.2 Å². The van der Waals surface area contributed by atoms with Crippen LogP contribution in [0.1, 0.15) is 13.8 Å². The number of nitrogens with one attached hydrogen (secondary N) is 1. The number of nitrogens with two attached hydrogens (primary N) is 1. The van der Waals surface area contributed by atoms with Crippen LogP contribution in [0, 0.1) is 0 Å². The lowest BCUT2D eigenvalue weighted by Gasteiger charge is -2.19. The third-order valence-corrected chi connectivity index (χ3v) is 5.83. The maximum absolute atomic E-state index is 12.1. The molecule has 0 aliphatic heterocycles. The van der Waals surface area contributed by atoms with E-state index in [9.17, 15) is 16.8 Å². The first-order valence-corrected chi connectivity index (χ1v) is 9.78. The van der Waals surface area contributed by atoms with Gasteiger partial charge < -0.3 is 5.73 Å². The van der Waals surface area contributed by atoms with Gasteiger partial charge in [0.15, 0.2) is 9.84 Å². The Kier molecular flexibility index (Phi) is 5.03. The zero-order valence-electron chi connectivity index (χ0n) is 11.3. The van der Waals surface area contributed by atoms with Crippen LogP contribution in [-0.2, 0) is 19.9 Å². The van der Waals surface area contributed by atoms with Crippen LogP contribution in [0.15, 0.2) is 32.5 Å². The van der Waals surface area contributed by atoms with Crippen molar-refractivity contribution in [2.24, 2.45) is 5.73 Å². The molecule has 0 fully saturated rings. The zero-order valence-corrected chi connectivity index (χ0v) is 14.6. The van der Waals surface area contributed by atoms with E-state index in [1.54, 1.807) is 13.8 Å². The fraction of sp³-hybridized carbons (Fsp3) is 0.455. The molecule has 9 heteroatoms. The van der Waals surface area contributed by atoms with Crippen molar-refractivity contribution in [3.63, 3.8) is 0 Å². The predicted molar refractivity (Wildman–Crippen MR) is 80.7 cm³/mol. The Hall–Kier alpha value is -0.480. The highest BCUT2D eigenvalue weighted by atomic mass is 79.9. The predicted octanol–water partition coefficient (Wildman–Crippen LogP) is 0.868. The van der Waals surface area contributed by atoms with Gasteiger partial charge in [0.2, 0.25) is 10.0 Å². The van der Waals surface area contributed by atoms with E-state index in [1.165, 1.54) is 18.2 Å². The molecule has 0 bridgehead atoms. The van der Waals surface area contributed by atoms with E-state index in [0.29, 0.717) is 0 Å². The van der Waals surface area contributed by atoms with Gasteiger partial charge in [0.1, 0.15) is 0 Å². The Morgan fingerprint density at radius 3 is 2.20 bits per heavy atom. The van der Waals surface area contributed by atoms with Gasteiger partial charge in [-0.15, -0.1) is 0 Å². The summed E-state index contributed by atoms with van der Waals surface area (Å²) in [4.78, 5) is 0.0108. The van der Waals surface area contributed by atoms with Crippen molar-refractivity contribution < 1.29 is 16.8 Å². The summed E-state index contributed by atoms with van der Waals surface area (Å²) in [5.41, 5.74) is 5.03. The minimum Gasteiger partial charge on any atom is -0.324 e. The van der Waals surface area contributed by atoms with E-state index in [-0.39, 0.29) is 20.8 Å². The molecule has 0 aromatic heterocycles. The Balaban J connectivity index is 3.15. The van der Waals surface area contributed by atoms with Gasteiger partial charge in [0.25, 0.3) is 0 Å². The van der Waals surface area contributed by atoms with Gasteiger partial charge in [0.05, 0.1) is 9.79 Å². The molecule has 0 saturated heterocycles. The lowest BCUT2D eigenvalue weighted by molar-refractivity contribution is 0.497. The summed E-state index contributed by atoms with van der Waals surface area (Å²) in [6.07, 6.45) is 1.05. The summed E-state index contributed by atoms with van der Waals surface area (Å²) in [6.45, 7) is 3.45. The second-order valence-electron chi connectivity index (χ2n) is 5.18. The minimum absolute atomic E-state index is 0.0332. The topological polar surface area (TPSA) is 106 Å². The standard InChI is InChI=1S/C11H17BrN2O4S2/c1-11(2,13)7-14-20(17,18)10-5-4-8(6-9(10)12)19(3,15)16/h4-6,14H,7,13H2,1-3H3. The average molecular weight is 385 g/mol. The normalized spacial score (nSPS) is 13.4. The second kappa shape index (κ2) is 5.72. The molecular formula is C11H17BrN2O4S2. The third-order valence-electron chi connectivity index (χ3n) is 2.34. The van der Waals surface area contributed by atoms with Crippen LogP contribution < -0.4 is 10.5 Å². The highest BCUT2D eigenvalue weighted by molar-refractivity contribution is 9.10. The van der Waals surface area contributed by atoms with Crippen LogP contribution in [0.3, 0.4) is 0 Å². The van der Waals surface area contributed by atoms with Crippen molar-refractivity contribution in [2.45, 2.75) is 29.2 Å². The van der Waals surface area contributed by atoms with E-state index in [1.807, 2.05) is 0 Å².